The number of benzene rings is 1. The highest BCUT2D eigenvalue weighted by atomic mass is 35.5. The van der Waals surface area contributed by atoms with Crippen LogP contribution in [0.15, 0.2) is 30.3 Å². The van der Waals surface area contributed by atoms with Crippen molar-refractivity contribution in [2.45, 2.75) is 37.6 Å². The Bertz CT molecular complexity index is 427. The molecule has 0 radical (unpaired) electrons. The number of rotatable bonds is 1. The molecule has 3 rings (SSSR count). The zero-order chi connectivity index (χ0) is 11.7. The quantitative estimate of drug-likeness (QED) is 0.790. The molecule has 1 spiro atoms. The van der Waals surface area contributed by atoms with Crippen molar-refractivity contribution < 1.29 is 0 Å². The molecular formula is C15H18ClN. The summed E-state index contributed by atoms with van der Waals surface area (Å²) in [5.74, 6) is 0. The number of nitrogens with one attached hydrogen (secondary N) is 1. The van der Waals surface area contributed by atoms with Crippen molar-refractivity contribution in [3.8, 4) is 0 Å². The fourth-order valence-electron chi connectivity index (χ4n) is 3.25. The van der Waals surface area contributed by atoms with Gasteiger partial charge in [0.05, 0.1) is 0 Å². The van der Waals surface area contributed by atoms with Gasteiger partial charge in [-0.1, -0.05) is 29.8 Å². The van der Waals surface area contributed by atoms with Gasteiger partial charge in [0.25, 0.3) is 0 Å². The molecule has 1 aliphatic carbocycles. The molecule has 1 heterocycles. The van der Waals surface area contributed by atoms with E-state index in [0.717, 1.165) is 11.6 Å². The summed E-state index contributed by atoms with van der Waals surface area (Å²) in [5.41, 5.74) is 3.09. The maximum Gasteiger partial charge on any atom is 0.0438 e. The Balaban J connectivity index is 1.99. The summed E-state index contributed by atoms with van der Waals surface area (Å²) in [6.07, 6.45) is 8.80. The zero-order valence-corrected chi connectivity index (χ0v) is 10.8. The molecule has 1 nitrogen and oxygen atoms in total. The van der Waals surface area contributed by atoms with Gasteiger partial charge in [0.15, 0.2) is 0 Å². The van der Waals surface area contributed by atoms with E-state index in [0.29, 0.717) is 0 Å². The van der Waals surface area contributed by atoms with Crippen LogP contribution in [0, 0.1) is 0 Å². The molecule has 1 saturated heterocycles. The van der Waals surface area contributed by atoms with Crippen molar-refractivity contribution in [2.75, 3.05) is 6.54 Å². The average Bonchev–Trinajstić information content (AvgIpc) is 2.80. The summed E-state index contributed by atoms with van der Waals surface area (Å²) in [7, 11) is 0. The number of allylic oxidation sites excluding steroid dienone is 1. The molecule has 0 amide bonds. The van der Waals surface area contributed by atoms with E-state index in [1.807, 2.05) is 12.1 Å². The fraction of sp³-hybridized carbons (Fsp3) is 0.467. The Morgan fingerprint density at radius 1 is 1.06 bits per heavy atom. The van der Waals surface area contributed by atoms with E-state index in [4.69, 9.17) is 11.6 Å². The Morgan fingerprint density at radius 2 is 1.82 bits per heavy atom. The molecule has 2 heteroatoms. The maximum atomic E-state index is 5.97. The molecular weight excluding hydrogens is 230 g/mol. The highest BCUT2D eigenvalue weighted by molar-refractivity contribution is 6.30. The molecule has 17 heavy (non-hydrogen) atoms. The molecule has 90 valence electrons. The summed E-state index contributed by atoms with van der Waals surface area (Å²) in [4.78, 5) is 0. The van der Waals surface area contributed by atoms with E-state index in [1.165, 1.54) is 43.2 Å². The first kappa shape index (κ1) is 11.3. The standard InChI is InChI=1S/C15H18ClN/c16-13-7-5-12(6-8-13)14-4-1-2-9-15(14)10-3-11-17-15/h4-8,17H,1-3,9-11H2. The second-order valence-electron chi connectivity index (χ2n) is 5.13. The number of hydrogen-bond acceptors (Lipinski definition) is 1. The van der Waals surface area contributed by atoms with Crippen LogP contribution in [0.5, 0.6) is 0 Å². The van der Waals surface area contributed by atoms with E-state index >= 15 is 0 Å². The molecule has 1 aliphatic heterocycles. The Kier molecular flexibility index (Phi) is 2.97. The Morgan fingerprint density at radius 3 is 2.53 bits per heavy atom. The monoisotopic (exact) mass is 247 g/mol. The Hall–Kier alpha value is -0.790. The van der Waals surface area contributed by atoms with Gasteiger partial charge in [0, 0.05) is 10.6 Å². The first-order chi connectivity index (χ1) is 8.30. The lowest BCUT2D eigenvalue weighted by molar-refractivity contribution is 0.424. The third-order valence-corrected chi connectivity index (χ3v) is 4.32. The van der Waals surface area contributed by atoms with Crippen LogP contribution >= 0.6 is 11.6 Å². The number of hydrogen-bond donors (Lipinski definition) is 1. The number of halogens is 1. The molecule has 1 fully saturated rings. The van der Waals surface area contributed by atoms with Crippen LogP contribution in [0.25, 0.3) is 5.57 Å². The van der Waals surface area contributed by atoms with Crippen molar-refractivity contribution in [3.05, 3.63) is 40.9 Å². The van der Waals surface area contributed by atoms with Crippen molar-refractivity contribution in [1.29, 1.82) is 0 Å². The lowest BCUT2D eigenvalue weighted by Gasteiger charge is -2.36. The highest BCUT2D eigenvalue weighted by Gasteiger charge is 2.38. The second-order valence-corrected chi connectivity index (χ2v) is 5.57. The molecule has 1 aromatic rings. The van der Waals surface area contributed by atoms with Crippen LogP contribution in [0.3, 0.4) is 0 Å². The zero-order valence-electron chi connectivity index (χ0n) is 10.0. The predicted octanol–water partition coefficient (Wildman–Crippen LogP) is 4.03. The van der Waals surface area contributed by atoms with Crippen molar-refractivity contribution >= 4 is 17.2 Å². The van der Waals surface area contributed by atoms with Crippen molar-refractivity contribution in [1.82, 2.24) is 5.32 Å². The minimum absolute atomic E-state index is 0.256. The molecule has 1 unspecified atom stereocenters. The van der Waals surface area contributed by atoms with Crippen LogP contribution in [-0.2, 0) is 0 Å². The summed E-state index contributed by atoms with van der Waals surface area (Å²) < 4.78 is 0. The largest absolute Gasteiger partial charge is 0.307 e. The molecule has 1 N–H and O–H groups in total. The van der Waals surface area contributed by atoms with Gasteiger partial charge in [0.1, 0.15) is 0 Å². The normalized spacial score (nSPS) is 28.4. The second kappa shape index (κ2) is 4.47. The minimum atomic E-state index is 0.256. The predicted molar refractivity (Wildman–Crippen MR) is 73.2 cm³/mol. The van der Waals surface area contributed by atoms with Crippen molar-refractivity contribution in [2.24, 2.45) is 0 Å². The lowest BCUT2D eigenvalue weighted by Crippen LogP contribution is -2.42. The van der Waals surface area contributed by atoms with E-state index < -0.39 is 0 Å². The fourth-order valence-corrected chi connectivity index (χ4v) is 3.38. The van der Waals surface area contributed by atoms with E-state index in [2.05, 4.69) is 23.5 Å². The van der Waals surface area contributed by atoms with Gasteiger partial charge < -0.3 is 5.32 Å². The van der Waals surface area contributed by atoms with E-state index in [-0.39, 0.29) is 5.54 Å². The molecule has 1 aromatic carbocycles. The summed E-state index contributed by atoms with van der Waals surface area (Å²) in [6, 6.07) is 8.30. The third-order valence-electron chi connectivity index (χ3n) is 4.07. The molecule has 0 saturated carbocycles. The van der Waals surface area contributed by atoms with Gasteiger partial charge in [-0.3, -0.25) is 0 Å². The SMILES string of the molecule is Clc1ccc(C2=CCCCC23CCCN3)cc1. The first-order valence-corrected chi connectivity index (χ1v) is 6.90. The first-order valence-electron chi connectivity index (χ1n) is 6.52. The van der Waals surface area contributed by atoms with Crippen molar-refractivity contribution in [3.63, 3.8) is 0 Å². The van der Waals surface area contributed by atoms with Crippen LogP contribution in [0.1, 0.15) is 37.7 Å². The topological polar surface area (TPSA) is 12.0 Å². The Labute approximate surface area is 108 Å². The van der Waals surface area contributed by atoms with Gasteiger partial charge in [-0.15, -0.1) is 0 Å². The van der Waals surface area contributed by atoms with Gasteiger partial charge in [0.2, 0.25) is 0 Å². The van der Waals surface area contributed by atoms with Gasteiger partial charge in [-0.05, 0) is 61.9 Å². The molecule has 2 aliphatic rings. The lowest BCUT2D eigenvalue weighted by atomic mass is 9.76. The van der Waals surface area contributed by atoms with Crippen LogP contribution in [0.4, 0.5) is 0 Å². The smallest absolute Gasteiger partial charge is 0.0438 e. The summed E-state index contributed by atoms with van der Waals surface area (Å²) in [6.45, 7) is 1.16. The van der Waals surface area contributed by atoms with Crippen LogP contribution in [-0.4, -0.2) is 12.1 Å². The van der Waals surface area contributed by atoms with Gasteiger partial charge in [-0.2, -0.15) is 0 Å². The summed E-state index contributed by atoms with van der Waals surface area (Å²) in [5, 5.41) is 4.55. The van der Waals surface area contributed by atoms with Crippen LogP contribution in [0.2, 0.25) is 5.02 Å². The molecule has 0 aromatic heterocycles. The summed E-state index contributed by atoms with van der Waals surface area (Å²) >= 11 is 5.97. The van der Waals surface area contributed by atoms with Crippen LogP contribution < -0.4 is 5.32 Å². The third kappa shape index (κ3) is 2.02. The highest BCUT2D eigenvalue weighted by Crippen LogP contribution is 2.41. The molecule has 1 atom stereocenters. The van der Waals surface area contributed by atoms with Gasteiger partial charge in [-0.25, -0.2) is 0 Å². The van der Waals surface area contributed by atoms with E-state index in [9.17, 15) is 0 Å². The van der Waals surface area contributed by atoms with E-state index in [1.54, 1.807) is 0 Å². The van der Waals surface area contributed by atoms with Gasteiger partial charge >= 0.3 is 0 Å². The maximum absolute atomic E-state index is 5.97. The average molecular weight is 248 g/mol. The minimum Gasteiger partial charge on any atom is -0.307 e. The molecule has 0 bridgehead atoms.